The second-order valence-electron chi connectivity index (χ2n) is 21.6. The molecule has 0 fully saturated rings. The Bertz CT molecular complexity index is 1570. The minimum atomic E-state index is -0.785. The summed E-state index contributed by atoms with van der Waals surface area (Å²) >= 11 is 0. The summed E-state index contributed by atoms with van der Waals surface area (Å²) in [6.45, 7) is 6.50. The van der Waals surface area contributed by atoms with Crippen LogP contribution in [0.2, 0.25) is 0 Å². The lowest BCUT2D eigenvalue weighted by Crippen LogP contribution is -2.30. The van der Waals surface area contributed by atoms with Gasteiger partial charge in [-0.25, -0.2) is 0 Å². The van der Waals surface area contributed by atoms with Crippen molar-refractivity contribution in [3.8, 4) is 0 Å². The summed E-state index contributed by atoms with van der Waals surface area (Å²) in [6, 6.07) is 0. The van der Waals surface area contributed by atoms with Crippen LogP contribution in [0.15, 0.2) is 109 Å². The zero-order chi connectivity index (χ0) is 56.4. The van der Waals surface area contributed by atoms with Gasteiger partial charge in [-0.15, -0.1) is 0 Å². The number of unbranched alkanes of at least 4 members (excludes halogenated alkanes) is 30. The van der Waals surface area contributed by atoms with Gasteiger partial charge in [-0.05, 0) is 109 Å². The van der Waals surface area contributed by atoms with Gasteiger partial charge in [0.1, 0.15) is 13.2 Å². The molecule has 0 N–H and O–H groups in total. The van der Waals surface area contributed by atoms with Crippen molar-refractivity contribution >= 4 is 17.9 Å². The Hall–Kier alpha value is -3.93. The first-order valence-corrected chi connectivity index (χ1v) is 32.9. The van der Waals surface area contributed by atoms with Crippen LogP contribution in [0.25, 0.3) is 0 Å². The minimum Gasteiger partial charge on any atom is -0.462 e. The molecule has 6 heteroatoms. The van der Waals surface area contributed by atoms with Gasteiger partial charge in [0.15, 0.2) is 6.10 Å². The first-order chi connectivity index (χ1) is 38.5. The smallest absolute Gasteiger partial charge is 0.306 e. The topological polar surface area (TPSA) is 78.9 Å². The summed E-state index contributed by atoms with van der Waals surface area (Å²) in [6.07, 6.45) is 89.6. The monoisotopic (exact) mass is 1080 g/mol. The van der Waals surface area contributed by atoms with E-state index in [9.17, 15) is 14.4 Å². The Morgan fingerprint density at radius 2 is 0.500 bits per heavy atom. The summed E-state index contributed by atoms with van der Waals surface area (Å²) in [5.74, 6) is -0.890. The van der Waals surface area contributed by atoms with E-state index in [0.717, 1.165) is 128 Å². The highest BCUT2D eigenvalue weighted by Crippen LogP contribution is 2.16. The zero-order valence-corrected chi connectivity index (χ0v) is 51.2. The lowest BCUT2D eigenvalue weighted by molar-refractivity contribution is -0.167. The molecule has 0 aliphatic carbocycles. The summed E-state index contributed by atoms with van der Waals surface area (Å²) in [7, 11) is 0. The average Bonchev–Trinajstić information content (AvgIpc) is 3.44. The zero-order valence-electron chi connectivity index (χ0n) is 51.2. The SMILES string of the molecule is CC/C=C\C/C=C\C/C=C\C/C=C\C/C=C\C/C=C\C/C=C\CCCCCCCCCCCCCC(=O)OCC(COC(=O)CCCCCCCCCCCCCC)OC(=O)CCCCCCC/C=C\C/C=C\CCCCC. The molecular weight excluding hydrogens is 961 g/mol. The first kappa shape index (κ1) is 74.1. The molecule has 1 unspecified atom stereocenters. The normalized spacial score (nSPS) is 12.8. The number of rotatable bonds is 59. The van der Waals surface area contributed by atoms with Crippen LogP contribution in [-0.2, 0) is 28.6 Å². The quantitative estimate of drug-likeness (QED) is 0.0261. The first-order valence-electron chi connectivity index (χ1n) is 32.9. The lowest BCUT2D eigenvalue weighted by Gasteiger charge is -2.18. The van der Waals surface area contributed by atoms with Crippen LogP contribution in [0.5, 0.6) is 0 Å². The van der Waals surface area contributed by atoms with Crippen LogP contribution in [-0.4, -0.2) is 37.2 Å². The van der Waals surface area contributed by atoms with Gasteiger partial charge < -0.3 is 14.2 Å². The highest BCUT2D eigenvalue weighted by molar-refractivity contribution is 5.71. The Morgan fingerprint density at radius 1 is 0.269 bits per heavy atom. The maximum atomic E-state index is 12.9. The van der Waals surface area contributed by atoms with Crippen molar-refractivity contribution in [3.63, 3.8) is 0 Å². The van der Waals surface area contributed by atoms with Gasteiger partial charge >= 0.3 is 17.9 Å². The number of hydrogen-bond donors (Lipinski definition) is 0. The Labute approximate surface area is 482 Å². The molecule has 1 atom stereocenters. The minimum absolute atomic E-state index is 0.0814. The van der Waals surface area contributed by atoms with Crippen molar-refractivity contribution in [1.29, 1.82) is 0 Å². The molecule has 0 heterocycles. The van der Waals surface area contributed by atoms with E-state index in [1.54, 1.807) is 0 Å². The molecule has 6 nitrogen and oxygen atoms in total. The highest BCUT2D eigenvalue weighted by atomic mass is 16.6. The second-order valence-corrected chi connectivity index (χ2v) is 21.6. The van der Waals surface area contributed by atoms with Crippen LogP contribution in [0.3, 0.4) is 0 Å². The molecule has 0 bridgehead atoms. The molecule has 0 rings (SSSR count). The van der Waals surface area contributed by atoms with Gasteiger partial charge in [0, 0.05) is 19.3 Å². The van der Waals surface area contributed by atoms with Crippen LogP contribution < -0.4 is 0 Å². The molecule has 0 aromatic rings. The Morgan fingerprint density at radius 3 is 0.808 bits per heavy atom. The van der Waals surface area contributed by atoms with E-state index in [0.29, 0.717) is 19.3 Å². The number of esters is 3. The van der Waals surface area contributed by atoms with Crippen molar-refractivity contribution < 1.29 is 28.6 Å². The fourth-order valence-electron chi connectivity index (χ4n) is 9.10. The number of ether oxygens (including phenoxy) is 3. The predicted molar refractivity (Wildman–Crippen MR) is 339 cm³/mol. The van der Waals surface area contributed by atoms with Gasteiger partial charge in [0.05, 0.1) is 0 Å². The van der Waals surface area contributed by atoms with Crippen molar-refractivity contribution in [2.45, 2.75) is 316 Å². The molecule has 0 spiro atoms. The van der Waals surface area contributed by atoms with E-state index in [2.05, 4.69) is 130 Å². The molecular formula is C72H122O6. The molecule has 0 radical (unpaired) electrons. The van der Waals surface area contributed by atoms with Gasteiger partial charge in [-0.2, -0.15) is 0 Å². The van der Waals surface area contributed by atoms with Crippen LogP contribution in [0.1, 0.15) is 310 Å². The Balaban J connectivity index is 4.21. The molecule has 0 saturated heterocycles. The summed E-state index contributed by atoms with van der Waals surface area (Å²) in [5, 5.41) is 0. The van der Waals surface area contributed by atoms with E-state index < -0.39 is 6.10 Å². The highest BCUT2D eigenvalue weighted by Gasteiger charge is 2.19. The van der Waals surface area contributed by atoms with Crippen molar-refractivity contribution in [1.82, 2.24) is 0 Å². The second kappa shape index (κ2) is 65.6. The lowest BCUT2D eigenvalue weighted by atomic mass is 10.0. The molecule has 446 valence electrons. The molecule has 0 aromatic carbocycles. The standard InChI is InChI=1S/C72H122O6/c1-4-7-10-13-16-19-22-25-27-28-29-30-31-32-33-34-35-36-37-38-39-40-41-42-43-44-46-47-50-53-56-59-62-65-71(74)77-68-69(67-76-70(73)64-61-58-55-52-49-24-21-18-15-12-9-6-3)78-72(75)66-63-60-57-54-51-48-45-26-23-20-17-14-11-8-5-2/h7,10,16-17,19-20,25-27,29-30,32-33,35-36,38-39,45,69H,4-6,8-9,11-15,18,21-24,28,31,34,37,40-44,46-68H2,1-3H3/b10-7-,19-16-,20-17-,27-25-,30-29-,33-32-,36-35-,39-38-,45-26-. The summed E-state index contributed by atoms with van der Waals surface area (Å²) in [4.78, 5) is 38.2. The maximum absolute atomic E-state index is 12.9. The third kappa shape index (κ3) is 62.9. The van der Waals surface area contributed by atoms with Crippen LogP contribution in [0.4, 0.5) is 0 Å². The van der Waals surface area contributed by atoms with Gasteiger partial charge in [-0.1, -0.05) is 291 Å². The van der Waals surface area contributed by atoms with Crippen molar-refractivity contribution in [3.05, 3.63) is 109 Å². The summed E-state index contributed by atoms with van der Waals surface area (Å²) < 4.78 is 16.9. The number of carbonyl (C=O) groups is 3. The largest absolute Gasteiger partial charge is 0.462 e. The number of carbonyl (C=O) groups excluding carboxylic acids is 3. The van der Waals surface area contributed by atoms with E-state index >= 15 is 0 Å². The third-order valence-corrected chi connectivity index (χ3v) is 14.0. The Kier molecular flexibility index (Phi) is 62.3. The van der Waals surface area contributed by atoms with Crippen molar-refractivity contribution in [2.75, 3.05) is 13.2 Å². The van der Waals surface area contributed by atoms with Gasteiger partial charge in [0.2, 0.25) is 0 Å². The van der Waals surface area contributed by atoms with Crippen LogP contribution >= 0.6 is 0 Å². The van der Waals surface area contributed by atoms with Crippen LogP contribution in [0, 0.1) is 0 Å². The van der Waals surface area contributed by atoms with E-state index in [4.69, 9.17) is 14.2 Å². The third-order valence-electron chi connectivity index (χ3n) is 14.0. The van der Waals surface area contributed by atoms with E-state index in [-0.39, 0.29) is 31.1 Å². The molecule has 0 aliphatic heterocycles. The number of allylic oxidation sites excluding steroid dienone is 18. The molecule has 0 aliphatic rings. The average molecular weight is 1080 g/mol. The molecule has 0 saturated carbocycles. The molecule has 78 heavy (non-hydrogen) atoms. The fraction of sp³-hybridized carbons (Fsp3) is 0.708. The predicted octanol–water partition coefficient (Wildman–Crippen LogP) is 22.6. The van der Waals surface area contributed by atoms with Gasteiger partial charge in [-0.3, -0.25) is 14.4 Å². The fourth-order valence-corrected chi connectivity index (χ4v) is 9.10. The molecule has 0 amide bonds. The number of hydrogen-bond acceptors (Lipinski definition) is 6. The maximum Gasteiger partial charge on any atom is 0.306 e. The van der Waals surface area contributed by atoms with Gasteiger partial charge in [0.25, 0.3) is 0 Å². The van der Waals surface area contributed by atoms with E-state index in [1.165, 1.54) is 141 Å². The van der Waals surface area contributed by atoms with E-state index in [1.807, 2.05) is 0 Å². The molecule has 0 aromatic heterocycles. The summed E-state index contributed by atoms with van der Waals surface area (Å²) in [5.41, 5.74) is 0. The van der Waals surface area contributed by atoms with Crippen molar-refractivity contribution in [2.24, 2.45) is 0 Å².